The van der Waals surface area contributed by atoms with E-state index in [0.29, 0.717) is 0 Å². The lowest BCUT2D eigenvalue weighted by Gasteiger charge is -2.21. The summed E-state index contributed by atoms with van der Waals surface area (Å²) in [7, 11) is 0. The molecule has 0 unspecified atom stereocenters. The van der Waals surface area contributed by atoms with Crippen LogP contribution in [0, 0.1) is 5.92 Å². The molecule has 0 radical (unpaired) electrons. The van der Waals surface area contributed by atoms with Crippen LogP contribution in [0.4, 0.5) is 0 Å². The molecule has 0 aromatic carbocycles. The largest absolute Gasteiger partial charge is 0.353 e. The third kappa shape index (κ3) is 5.50. The fraction of sp³-hybridized carbons (Fsp3) is 0.923. The molecule has 0 bridgehead atoms. The van der Waals surface area contributed by atoms with E-state index in [9.17, 15) is 4.79 Å². The lowest BCUT2D eigenvalue weighted by molar-refractivity contribution is -0.123. The summed E-state index contributed by atoms with van der Waals surface area (Å²) in [6.45, 7) is 7.96. The number of likely N-dealkylation sites (tertiary alicyclic amines) is 1. The van der Waals surface area contributed by atoms with Crippen LogP contribution >= 0.6 is 0 Å². The Labute approximate surface area is 105 Å². The molecule has 4 heteroatoms. The van der Waals surface area contributed by atoms with Gasteiger partial charge in [-0.25, -0.2) is 0 Å². The predicted octanol–water partition coefficient (Wildman–Crippen LogP) is 0.962. The Hall–Kier alpha value is -0.610. The van der Waals surface area contributed by atoms with Crippen molar-refractivity contribution >= 4 is 5.91 Å². The Morgan fingerprint density at radius 1 is 1.24 bits per heavy atom. The summed E-state index contributed by atoms with van der Waals surface area (Å²) in [6.07, 6.45) is 5.28. The van der Waals surface area contributed by atoms with Gasteiger partial charge in [0.2, 0.25) is 5.91 Å². The quantitative estimate of drug-likeness (QED) is 0.754. The van der Waals surface area contributed by atoms with E-state index in [1.165, 1.54) is 38.8 Å². The predicted molar refractivity (Wildman–Crippen MR) is 70.7 cm³/mol. The molecule has 0 aromatic rings. The van der Waals surface area contributed by atoms with Gasteiger partial charge in [0.05, 0.1) is 6.04 Å². The topological polar surface area (TPSA) is 58.4 Å². The zero-order valence-electron chi connectivity index (χ0n) is 11.2. The Kier molecular flexibility index (Phi) is 6.52. The maximum Gasteiger partial charge on any atom is 0.237 e. The molecule has 1 heterocycles. The number of hydrogen-bond acceptors (Lipinski definition) is 3. The van der Waals surface area contributed by atoms with E-state index in [1.807, 2.05) is 13.8 Å². The second-order valence-electron chi connectivity index (χ2n) is 5.32. The summed E-state index contributed by atoms with van der Waals surface area (Å²) < 4.78 is 0. The maximum atomic E-state index is 11.6. The first kappa shape index (κ1) is 14.5. The summed E-state index contributed by atoms with van der Waals surface area (Å²) in [4.78, 5) is 14.1. The molecule has 1 rings (SSSR count). The Bertz CT molecular complexity index is 223. The van der Waals surface area contributed by atoms with Crippen molar-refractivity contribution in [3.05, 3.63) is 0 Å². The van der Waals surface area contributed by atoms with Crippen LogP contribution < -0.4 is 11.1 Å². The first-order chi connectivity index (χ1) is 8.11. The number of carbonyl (C=O) groups excluding carboxylic acids is 1. The van der Waals surface area contributed by atoms with Crippen molar-refractivity contribution < 1.29 is 4.79 Å². The number of nitrogens with zero attached hydrogens (tertiary/aromatic N) is 1. The van der Waals surface area contributed by atoms with Gasteiger partial charge in [0, 0.05) is 13.1 Å². The lowest BCUT2D eigenvalue weighted by atomic mass is 10.1. The number of hydrogen-bond donors (Lipinski definition) is 2. The Morgan fingerprint density at radius 2 is 1.82 bits per heavy atom. The molecule has 1 saturated heterocycles. The van der Waals surface area contributed by atoms with Crippen molar-refractivity contribution in [2.24, 2.45) is 11.7 Å². The molecule has 4 nitrogen and oxygen atoms in total. The van der Waals surface area contributed by atoms with Crippen molar-refractivity contribution in [2.45, 2.75) is 45.6 Å². The molecule has 0 aromatic heterocycles. The molecule has 17 heavy (non-hydrogen) atoms. The fourth-order valence-corrected chi connectivity index (χ4v) is 2.12. The lowest BCUT2D eigenvalue weighted by Crippen LogP contribution is -2.46. The molecule has 1 amide bonds. The molecular weight excluding hydrogens is 214 g/mol. The normalized spacial score (nSPS) is 20.0. The van der Waals surface area contributed by atoms with Crippen LogP contribution in [-0.4, -0.2) is 43.0 Å². The first-order valence-corrected chi connectivity index (χ1v) is 6.87. The summed E-state index contributed by atoms with van der Waals surface area (Å²) in [5.41, 5.74) is 5.78. The second kappa shape index (κ2) is 7.67. The molecule has 0 saturated carbocycles. The van der Waals surface area contributed by atoms with Crippen LogP contribution in [0.3, 0.4) is 0 Å². The van der Waals surface area contributed by atoms with Gasteiger partial charge in [-0.05, 0) is 31.8 Å². The molecular formula is C13H27N3O. The van der Waals surface area contributed by atoms with Crippen molar-refractivity contribution in [2.75, 3.05) is 26.2 Å². The number of amides is 1. The van der Waals surface area contributed by atoms with E-state index in [2.05, 4.69) is 10.2 Å². The van der Waals surface area contributed by atoms with Crippen molar-refractivity contribution in [3.8, 4) is 0 Å². The van der Waals surface area contributed by atoms with Gasteiger partial charge in [-0.1, -0.05) is 26.7 Å². The van der Waals surface area contributed by atoms with Crippen LogP contribution in [0.5, 0.6) is 0 Å². The van der Waals surface area contributed by atoms with E-state index < -0.39 is 0 Å². The Balaban J connectivity index is 2.15. The summed E-state index contributed by atoms with van der Waals surface area (Å²) in [6, 6.07) is -0.376. The van der Waals surface area contributed by atoms with Gasteiger partial charge in [0.15, 0.2) is 0 Å². The molecule has 1 aliphatic rings. The van der Waals surface area contributed by atoms with E-state index >= 15 is 0 Å². The monoisotopic (exact) mass is 241 g/mol. The highest BCUT2D eigenvalue weighted by Crippen LogP contribution is 2.08. The maximum absolute atomic E-state index is 11.6. The summed E-state index contributed by atoms with van der Waals surface area (Å²) in [5, 5.41) is 2.93. The minimum atomic E-state index is -0.376. The van der Waals surface area contributed by atoms with Crippen LogP contribution in [-0.2, 0) is 4.79 Å². The SMILES string of the molecule is CC(C)[C@@H](N)C(=O)NCCN1CCCCCC1. The minimum Gasteiger partial charge on any atom is -0.353 e. The van der Waals surface area contributed by atoms with E-state index in [0.717, 1.165) is 13.1 Å². The molecule has 100 valence electrons. The van der Waals surface area contributed by atoms with E-state index in [-0.39, 0.29) is 17.9 Å². The molecule has 0 spiro atoms. The number of nitrogens with two attached hydrogens (primary N) is 1. The standard InChI is InChI=1S/C13H27N3O/c1-11(2)12(14)13(17)15-7-10-16-8-5-3-4-6-9-16/h11-12H,3-10,14H2,1-2H3,(H,15,17)/t12-/m1/s1. The smallest absolute Gasteiger partial charge is 0.237 e. The van der Waals surface area contributed by atoms with Crippen LogP contribution in [0.15, 0.2) is 0 Å². The summed E-state index contributed by atoms with van der Waals surface area (Å²) >= 11 is 0. The molecule has 1 fully saturated rings. The van der Waals surface area contributed by atoms with Gasteiger partial charge >= 0.3 is 0 Å². The van der Waals surface area contributed by atoms with Gasteiger partial charge in [-0.3, -0.25) is 4.79 Å². The minimum absolute atomic E-state index is 0.0187. The van der Waals surface area contributed by atoms with Gasteiger partial charge in [-0.2, -0.15) is 0 Å². The van der Waals surface area contributed by atoms with Crippen molar-refractivity contribution in [1.29, 1.82) is 0 Å². The molecule has 1 aliphatic heterocycles. The van der Waals surface area contributed by atoms with Crippen LogP contribution in [0.1, 0.15) is 39.5 Å². The number of nitrogens with one attached hydrogen (secondary N) is 1. The molecule has 1 atom stereocenters. The highest BCUT2D eigenvalue weighted by atomic mass is 16.2. The van der Waals surface area contributed by atoms with Crippen molar-refractivity contribution in [3.63, 3.8) is 0 Å². The number of rotatable bonds is 5. The Morgan fingerprint density at radius 3 is 2.35 bits per heavy atom. The average molecular weight is 241 g/mol. The van der Waals surface area contributed by atoms with Crippen molar-refractivity contribution in [1.82, 2.24) is 10.2 Å². The van der Waals surface area contributed by atoms with Gasteiger partial charge in [-0.15, -0.1) is 0 Å². The third-order valence-electron chi connectivity index (χ3n) is 3.45. The molecule has 0 aliphatic carbocycles. The highest BCUT2D eigenvalue weighted by Gasteiger charge is 2.16. The molecule has 3 N–H and O–H groups in total. The van der Waals surface area contributed by atoms with Gasteiger partial charge < -0.3 is 16.0 Å². The van der Waals surface area contributed by atoms with Crippen LogP contribution in [0.2, 0.25) is 0 Å². The zero-order chi connectivity index (χ0) is 12.7. The number of carbonyl (C=O) groups is 1. The van der Waals surface area contributed by atoms with E-state index in [1.54, 1.807) is 0 Å². The fourth-order valence-electron chi connectivity index (χ4n) is 2.12. The average Bonchev–Trinajstić information content (AvgIpc) is 2.56. The van der Waals surface area contributed by atoms with E-state index in [4.69, 9.17) is 5.73 Å². The van der Waals surface area contributed by atoms with Crippen LogP contribution in [0.25, 0.3) is 0 Å². The highest BCUT2D eigenvalue weighted by molar-refractivity contribution is 5.81. The second-order valence-corrected chi connectivity index (χ2v) is 5.32. The first-order valence-electron chi connectivity index (χ1n) is 6.87. The zero-order valence-corrected chi connectivity index (χ0v) is 11.2. The summed E-state index contributed by atoms with van der Waals surface area (Å²) in [5.74, 6) is 0.183. The van der Waals surface area contributed by atoms with Gasteiger partial charge in [0.25, 0.3) is 0 Å². The third-order valence-corrected chi connectivity index (χ3v) is 3.45. The van der Waals surface area contributed by atoms with Gasteiger partial charge in [0.1, 0.15) is 0 Å².